The van der Waals surface area contributed by atoms with Gasteiger partial charge in [0.1, 0.15) is 13.7 Å². The molecule has 0 aliphatic rings. The lowest BCUT2D eigenvalue weighted by Gasteiger charge is -2.08. The van der Waals surface area contributed by atoms with Crippen LogP contribution in [0.15, 0.2) is 23.5 Å². The number of alkyl halides is 3. The van der Waals surface area contributed by atoms with Crippen LogP contribution in [-0.4, -0.2) is 24.4 Å². The van der Waals surface area contributed by atoms with Crippen molar-refractivity contribution in [2.24, 2.45) is 5.16 Å². The zero-order valence-electron chi connectivity index (χ0n) is 9.28. The van der Waals surface area contributed by atoms with E-state index in [1.165, 1.54) is 7.11 Å². The molecule has 1 aromatic heterocycles. The third-order valence-corrected chi connectivity index (χ3v) is 1.74. The summed E-state index contributed by atoms with van der Waals surface area (Å²) in [6, 6.07) is 1.71. The number of pyridine rings is 1. The van der Waals surface area contributed by atoms with Crippen molar-refractivity contribution in [2.75, 3.05) is 13.7 Å². The third kappa shape index (κ3) is 4.29. The Labute approximate surface area is 96.0 Å². The van der Waals surface area contributed by atoms with Gasteiger partial charge in [-0.2, -0.15) is 13.2 Å². The van der Waals surface area contributed by atoms with E-state index in [-0.39, 0.29) is 12.5 Å². The van der Waals surface area contributed by atoms with E-state index in [0.29, 0.717) is 5.71 Å². The predicted molar refractivity (Wildman–Crippen MR) is 54.9 cm³/mol. The Hall–Kier alpha value is -1.79. The molecule has 0 aromatic carbocycles. The summed E-state index contributed by atoms with van der Waals surface area (Å²) >= 11 is 0. The van der Waals surface area contributed by atoms with E-state index in [9.17, 15) is 13.2 Å². The maximum atomic E-state index is 12.4. The first-order valence-corrected chi connectivity index (χ1v) is 4.66. The van der Waals surface area contributed by atoms with Gasteiger partial charge in [0, 0.05) is 12.3 Å². The van der Waals surface area contributed by atoms with Crippen LogP contribution in [0.4, 0.5) is 13.2 Å². The lowest BCUT2D eigenvalue weighted by molar-refractivity contribution is -0.137. The van der Waals surface area contributed by atoms with Crippen LogP contribution in [0, 0.1) is 0 Å². The van der Waals surface area contributed by atoms with Gasteiger partial charge in [-0.3, -0.25) is 0 Å². The number of halogens is 3. The number of hydrogen-bond acceptors (Lipinski definition) is 4. The van der Waals surface area contributed by atoms with Crippen molar-refractivity contribution in [3.63, 3.8) is 0 Å². The van der Waals surface area contributed by atoms with Crippen molar-refractivity contribution in [3.05, 3.63) is 23.9 Å². The van der Waals surface area contributed by atoms with E-state index in [1.54, 1.807) is 6.92 Å². The third-order valence-electron chi connectivity index (χ3n) is 1.74. The van der Waals surface area contributed by atoms with E-state index in [2.05, 4.69) is 15.0 Å². The molecule has 7 heteroatoms. The second-order valence-corrected chi connectivity index (χ2v) is 3.18. The molecule has 0 aliphatic heterocycles. The predicted octanol–water partition coefficient (Wildman–Crippen LogP) is 2.50. The molecule has 94 valence electrons. The lowest BCUT2D eigenvalue weighted by atomic mass is 10.2. The number of aromatic nitrogens is 1. The molecule has 4 nitrogen and oxygen atoms in total. The molecule has 0 radical (unpaired) electrons. The Morgan fingerprint density at radius 1 is 1.47 bits per heavy atom. The minimum atomic E-state index is -4.41. The average Bonchev–Trinajstić information content (AvgIpc) is 2.26. The van der Waals surface area contributed by atoms with Crippen molar-refractivity contribution >= 4 is 5.71 Å². The van der Waals surface area contributed by atoms with Gasteiger partial charge >= 0.3 is 6.18 Å². The van der Waals surface area contributed by atoms with Gasteiger partial charge in [-0.25, -0.2) is 4.98 Å². The van der Waals surface area contributed by atoms with E-state index in [4.69, 9.17) is 4.74 Å². The Morgan fingerprint density at radius 3 is 2.76 bits per heavy atom. The summed E-state index contributed by atoms with van der Waals surface area (Å²) in [5.74, 6) is -0.106. The molecule has 1 rings (SSSR count). The van der Waals surface area contributed by atoms with E-state index in [1.807, 2.05) is 0 Å². The van der Waals surface area contributed by atoms with Gasteiger partial charge in [-0.05, 0) is 13.0 Å². The summed E-state index contributed by atoms with van der Waals surface area (Å²) in [5, 5.41) is 3.55. The maximum Gasteiger partial charge on any atom is 0.416 e. The minimum Gasteiger partial charge on any atom is -0.471 e. The van der Waals surface area contributed by atoms with Gasteiger partial charge in [0.05, 0.1) is 11.3 Å². The molecule has 0 saturated heterocycles. The normalized spacial score (nSPS) is 12.4. The molecule has 0 aliphatic carbocycles. The highest BCUT2D eigenvalue weighted by atomic mass is 19.4. The second-order valence-electron chi connectivity index (χ2n) is 3.18. The van der Waals surface area contributed by atoms with Crippen LogP contribution < -0.4 is 4.74 Å². The number of ether oxygens (including phenoxy) is 1. The Kier molecular flexibility index (Phi) is 4.30. The smallest absolute Gasteiger partial charge is 0.416 e. The maximum absolute atomic E-state index is 12.4. The highest BCUT2D eigenvalue weighted by Crippen LogP contribution is 2.30. The number of rotatable bonds is 4. The van der Waals surface area contributed by atoms with Crippen molar-refractivity contribution in [1.29, 1.82) is 0 Å². The van der Waals surface area contributed by atoms with Gasteiger partial charge in [-0.1, -0.05) is 5.16 Å². The Bertz CT molecular complexity index is 405. The summed E-state index contributed by atoms with van der Waals surface area (Å²) in [4.78, 5) is 8.14. The summed E-state index contributed by atoms with van der Waals surface area (Å²) in [6.45, 7) is 1.64. The highest BCUT2D eigenvalue weighted by molar-refractivity contribution is 5.82. The molecule has 0 atom stereocenters. The van der Waals surface area contributed by atoms with Gasteiger partial charge in [0.15, 0.2) is 0 Å². The molecule has 0 bridgehead atoms. The monoisotopic (exact) mass is 248 g/mol. The summed E-state index contributed by atoms with van der Waals surface area (Å²) in [6.07, 6.45) is -3.36. The largest absolute Gasteiger partial charge is 0.471 e. The molecule has 0 saturated carbocycles. The van der Waals surface area contributed by atoms with Crippen molar-refractivity contribution in [2.45, 2.75) is 13.1 Å². The quantitative estimate of drug-likeness (QED) is 0.607. The average molecular weight is 248 g/mol. The minimum absolute atomic E-state index is 0.0160. The van der Waals surface area contributed by atoms with Crippen LogP contribution in [0.1, 0.15) is 12.5 Å². The van der Waals surface area contributed by atoms with E-state index >= 15 is 0 Å². The van der Waals surface area contributed by atoms with Crippen LogP contribution >= 0.6 is 0 Å². The van der Waals surface area contributed by atoms with Gasteiger partial charge in [-0.15, -0.1) is 0 Å². The standard InChI is InChI=1S/C10H11F3N2O2/c1-7(15-16-2)6-17-9-5-8(3-4-14-9)10(11,12)13/h3-5H,6H2,1-2H3. The molecule has 0 fully saturated rings. The SMILES string of the molecule is CON=C(C)COc1cc(C(F)(F)F)ccn1. The van der Waals surface area contributed by atoms with Crippen LogP contribution in [0.2, 0.25) is 0 Å². The van der Waals surface area contributed by atoms with Crippen LogP contribution in [-0.2, 0) is 11.0 Å². The molecule has 1 aromatic rings. The van der Waals surface area contributed by atoms with Crippen molar-refractivity contribution < 1.29 is 22.7 Å². The first-order valence-electron chi connectivity index (χ1n) is 4.66. The fourth-order valence-corrected chi connectivity index (χ4v) is 1.03. The fraction of sp³-hybridized carbons (Fsp3) is 0.400. The molecule has 0 spiro atoms. The summed E-state index contributed by atoms with van der Waals surface area (Å²) < 4.78 is 42.1. The molecule has 0 N–H and O–H groups in total. The van der Waals surface area contributed by atoms with E-state index < -0.39 is 11.7 Å². The molecular weight excluding hydrogens is 237 g/mol. The summed E-state index contributed by atoms with van der Waals surface area (Å²) in [5.41, 5.74) is -0.310. The van der Waals surface area contributed by atoms with Gasteiger partial charge in [0.2, 0.25) is 5.88 Å². The molecular formula is C10H11F3N2O2. The van der Waals surface area contributed by atoms with Crippen LogP contribution in [0.25, 0.3) is 0 Å². The number of nitrogens with zero attached hydrogens (tertiary/aromatic N) is 2. The lowest BCUT2D eigenvalue weighted by Crippen LogP contribution is -2.10. The van der Waals surface area contributed by atoms with Gasteiger partial charge < -0.3 is 9.57 Å². The first kappa shape index (κ1) is 13.3. The van der Waals surface area contributed by atoms with Crippen molar-refractivity contribution in [1.82, 2.24) is 4.98 Å². The first-order chi connectivity index (χ1) is 7.93. The Balaban J connectivity index is 2.70. The van der Waals surface area contributed by atoms with Gasteiger partial charge in [0.25, 0.3) is 0 Å². The molecule has 1 heterocycles. The molecule has 0 amide bonds. The van der Waals surface area contributed by atoms with Crippen LogP contribution in [0.3, 0.4) is 0 Å². The zero-order valence-corrected chi connectivity index (χ0v) is 9.28. The van der Waals surface area contributed by atoms with E-state index in [0.717, 1.165) is 18.3 Å². The second kappa shape index (κ2) is 5.51. The van der Waals surface area contributed by atoms with Crippen LogP contribution in [0.5, 0.6) is 5.88 Å². The summed E-state index contributed by atoms with van der Waals surface area (Å²) in [7, 11) is 1.37. The van der Waals surface area contributed by atoms with Crippen molar-refractivity contribution in [3.8, 4) is 5.88 Å². The fourth-order valence-electron chi connectivity index (χ4n) is 1.03. The highest BCUT2D eigenvalue weighted by Gasteiger charge is 2.30. The zero-order chi connectivity index (χ0) is 12.9. The molecule has 0 unspecified atom stereocenters. The molecule has 17 heavy (non-hydrogen) atoms. The Morgan fingerprint density at radius 2 is 2.18 bits per heavy atom. The number of hydrogen-bond donors (Lipinski definition) is 0. The topological polar surface area (TPSA) is 43.7 Å². The number of oxime groups is 1.